The Morgan fingerprint density at radius 1 is 1.00 bits per heavy atom. The maximum Gasteiger partial charge on any atom is 0.0240 e. The van der Waals surface area contributed by atoms with Crippen molar-refractivity contribution in [3.8, 4) is 0 Å². The fourth-order valence-corrected chi connectivity index (χ4v) is 2.37. The molecule has 0 aliphatic rings. The molecule has 0 saturated heterocycles. The van der Waals surface area contributed by atoms with Gasteiger partial charge in [-0.05, 0) is 28.8 Å². The molecule has 0 aromatic heterocycles. The zero-order valence-corrected chi connectivity index (χ0v) is 13.1. The largest absolute Gasteiger partial charge is 0.298 e. The van der Waals surface area contributed by atoms with E-state index in [0.29, 0.717) is 0 Å². The van der Waals surface area contributed by atoms with Crippen molar-refractivity contribution in [2.45, 2.75) is 27.3 Å². The Balaban J connectivity index is 2.07. The van der Waals surface area contributed by atoms with Gasteiger partial charge in [-0.2, -0.15) is 0 Å². The number of fused-ring (bicyclic) bond motifs is 1. The molecular weight excluding hydrogens is 242 g/mol. The topological polar surface area (TPSA) is 3.24 Å². The molecule has 0 bridgehead atoms. The molecular formula is C19H25N. The second-order valence-corrected chi connectivity index (χ2v) is 6.60. The standard InChI is InChI=1S/C19H25N/c1-19(2,3)13-8-14-20(4)15-17-11-7-10-16-9-5-6-12-18(16)17/h5-13H,14-15H2,1-4H3. The molecule has 0 fully saturated rings. The first-order valence-corrected chi connectivity index (χ1v) is 7.28. The van der Waals surface area contributed by atoms with E-state index in [2.05, 4.69) is 87.3 Å². The Hall–Kier alpha value is -1.60. The minimum atomic E-state index is 0.264. The van der Waals surface area contributed by atoms with E-state index in [0.717, 1.165) is 13.1 Å². The van der Waals surface area contributed by atoms with E-state index in [4.69, 9.17) is 0 Å². The van der Waals surface area contributed by atoms with E-state index in [1.807, 2.05) is 0 Å². The Morgan fingerprint density at radius 2 is 1.70 bits per heavy atom. The highest BCUT2D eigenvalue weighted by atomic mass is 15.1. The number of hydrogen-bond donors (Lipinski definition) is 0. The van der Waals surface area contributed by atoms with Crippen LogP contribution in [0.25, 0.3) is 10.8 Å². The Kier molecular flexibility index (Phi) is 4.61. The Labute approximate surface area is 122 Å². The van der Waals surface area contributed by atoms with Crippen molar-refractivity contribution >= 4 is 10.8 Å². The monoisotopic (exact) mass is 267 g/mol. The average molecular weight is 267 g/mol. The summed E-state index contributed by atoms with van der Waals surface area (Å²) in [6, 6.07) is 15.2. The summed E-state index contributed by atoms with van der Waals surface area (Å²) in [4.78, 5) is 2.35. The quantitative estimate of drug-likeness (QED) is 0.714. The van der Waals surface area contributed by atoms with Gasteiger partial charge in [-0.15, -0.1) is 0 Å². The van der Waals surface area contributed by atoms with Gasteiger partial charge < -0.3 is 0 Å². The fourth-order valence-electron chi connectivity index (χ4n) is 2.37. The summed E-state index contributed by atoms with van der Waals surface area (Å²) < 4.78 is 0. The predicted molar refractivity (Wildman–Crippen MR) is 88.9 cm³/mol. The first kappa shape index (κ1) is 14.8. The molecule has 1 heteroatoms. The first-order valence-electron chi connectivity index (χ1n) is 7.28. The van der Waals surface area contributed by atoms with E-state index in [-0.39, 0.29) is 5.41 Å². The van der Waals surface area contributed by atoms with Gasteiger partial charge in [0.25, 0.3) is 0 Å². The SMILES string of the molecule is CN(CC=CC(C)(C)C)Cc1cccc2ccccc12. The summed E-state index contributed by atoms with van der Waals surface area (Å²) >= 11 is 0. The normalized spacial score (nSPS) is 12.7. The maximum atomic E-state index is 2.35. The van der Waals surface area contributed by atoms with Gasteiger partial charge in [0.05, 0.1) is 0 Å². The lowest BCUT2D eigenvalue weighted by atomic mass is 9.96. The minimum Gasteiger partial charge on any atom is -0.298 e. The summed E-state index contributed by atoms with van der Waals surface area (Å²) in [7, 11) is 2.18. The lowest BCUT2D eigenvalue weighted by Gasteiger charge is -2.17. The third-order valence-electron chi connectivity index (χ3n) is 3.36. The van der Waals surface area contributed by atoms with Gasteiger partial charge in [-0.25, -0.2) is 0 Å². The second kappa shape index (κ2) is 6.23. The number of nitrogens with zero attached hydrogens (tertiary/aromatic N) is 1. The van der Waals surface area contributed by atoms with Crippen LogP contribution in [0.15, 0.2) is 54.6 Å². The smallest absolute Gasteiger partial charge is 0.0240 e. The van der Waals surface area contributed by atoms with Gasteiger partial charge in [0.2, 0.25) is 0 Å². The van der Waals surface area contributed by atoms with Crippen LogP contribution in [0.5, 0.6) is 0 Å². The highest BCUT2D eigenvalue weighted by Gasteiger charge is 2.05. The molecule has 0 heterocycles. The van der Waals surface area contributed by atoms with Crippen molar-refractivity contribution in [1.29, 1.82) is 0 Å². The number of allylic oxidation sites excluding steroid dienone is 1. The van der Waals surface area contributed by atoms with Gasteiger partial charge in [-0.1, -0.05) is 75.4 Å². The molecule has 0 aliphatic carbocycles. The van der Waals surface area contributed by atoms with Gasteiger partial charge >= 0.3 is 0 Å². The molecule has 0 spiro atoms. The van der Waals surface area contributed by atoms with Gasteiger partial charge in [-0.3, -0.25) is 4.90 Å². The van der Waals surface area contributed by atoms with Crippen LogP contribution in [0.2, 0.25) is 0 Å². The molecule has 2 aromatic carbocycles. The van der Waals surface area contributed by atoms with Crippen molar-refractivity contribution in [3.63, 3.8) is 0 Å². The van der Waals surface area contributed by atoms with Crippen LogP contribution in [-0.4, -0.2) is 18.5 Å². The van der Waals surface area contributed by atoms with Crippen molar-refractivity contribution < 1.29 is 0 Å². The molecule has 0 unspecified atom stereocenters. The van der Waals surface area contributed by atoms with E-state index in [1.165, 1.54) is 16.3 Å². The second-order valence-electron chi connectivity index (χ2n) is 6.60. The predicted octanol–water partition coefficient (Wildman–Crippen LogP) is 4.87. The van der Waals surface area contributed by atoms with Crippen LogP contribution in [0.1, 0.15) is 26.3 Å². The Bertz CT molecular complexity index is 585. The third-order valence-corrected chi connectivity index (χ3v) is 3.36. The van der Waals surface area contributed by atoms with Gasteiger partial charge in [0.1, 0.15) is 0 Å². The average Bonchev–Trinajstić information content (AvgIpc) is 2.37. The molecule has 106 valence electrons. The van der Waals surface area contributed by atoms with Crippen LogP contribution in [-0.2, 0) is 6.54 Å². The maximum absolute atomic E-state index is 2.35. The molecule has 2 aromatic rings. The van der Waals surface area contributed by atoms with Crippen molar-refractivity contribution in [1.82, 2.24) is 4.90 Å². The molecule has 0 amide bonds. The molecule has 0 atom stereocenters. The van der Waals surface area contributed by atoms with Crippen LogP contribution >= 0.6 is 0 Å². The summed E-state index contributed by atoms with van der Waals surface area (Å²) in [6.07, 6.45) is 4.55. The number of benzene rings is 2. The first-order chi connectivity index (χ1) is 9.46. The zero-order valence-electron chi connectivity index (χ0n) is 13.1. The van der Waals surface area contributed by atoms with Crippen molar-refractivity contribution in [2.75, 3.05) is 13.6 Å². The van der Waals surface area contributed by atoms with Crippen molar-refractivity contribution in [2.24, 2.45) is 5.41 Å². The lowest BCUT2D eigenvalue weighted by Crippen LogP contribution is -2.18. The van der Waals surface area contributed by atoms with Crippen LogP contribution in [0.4, 0.5) is 0 Å². The van der Waals surface area contributed by atoms with Gasteiger partial charge in [0, 0.05) is 13.1 Å². The molecule has 20 heavy (non-hydrogen) atoms. The highest BCUT2D eigenvalue weighted by Crippen LogP contribution is 2.20. The lowest BCUT2D eigenvalue weighted by molar-refractivity contribution is 0.363. The number of hydrogen-bond acceptors (Lipinski definition) is 1. The number of likely N-dealkylation sites (N-methyl/N-ethyl adjacent to an activating group) is 1. The molecule has 0 radical (unpaired) electrons. The summed E-state index contributed by atoms with van der Waals surface area (Å²) in [6.45, 7) is 8.66. The van der Waals surface area contributed by atoms with E-state index in [9.17, 15) is 0 Å². The summed E-state index contributed by atoms with van der Waals surface area (Å²) in [5, 5.41) is 2.69. The van der Waals surface area contributed by atoms with Crippen LogP contribution in [0, 0.1) is 5.41 Å². The van der Waals surface area contributed by atoms with Crippen LogP contribution < -0.4 is 0 Å². The van der Waals surface area contributed by atoms with Gasteiger partial charge in [0.15, 0.2) is 0 Å². The summed E-state index contributed by atoms with van der Waals surface area (Å²) in [5.74, 6) is 0. The molecule has 1 nitrogen and oxygen atoms in total. The van der Waals surface area contributed by atoms with Crippen LogP contribution in [0.3, 0.4) is 0 Å². The highest BCUT2D eigenvalue weighted by molar-refractivity contribution is 5.85. The van der Waals surface area contributed by atoms with E-state index < -0.39 is 0 Å². The number of rotatable bonds is 4. The minimum absolute atomic E-state index is 0.264. The molecule has 0 N–H and O–H groups in total. The molecule has 0 saturated carbocycles. The molecule has 2 rings (SSSR count). The summed E-state index contributed by atoms with van der Waals surface area (Å²) in [5.41, 5.74) is 1.66. The van der Waals surface area contributed by atoms with E-state index >= 15 is 0 Å². The molecule has 0 aliphatic heterocycles. The van der Waals surface area contributed by atoms with Crippen molar-refractivity contribution in [3.05, 3.63) is 60.2 Å². The fraction of sp³-hybridized carbons (Fsp3) is 0.368. The Morgan fingerprint density at radius 3 is 2.45 bits per heavy atom. The van der Waals surface area contributed by atoms with E-state index in [1.54, 1.807) is 0 Å². The third kappa shape index (κ3) is 4.21. The zero-order chi connectivity index (χ0) is 14.6.